The van der Waals surface area contributed by atoms with E-state index in [0.29, 0.717) is 25.7 Å². The number of aliphatic hydroxyl groups is 1. The molecule has 0 aromatic heterocycles. The van der Waals surface area contributed by atoms with Crippen molar-refractivity contribution in [3.8, 4) is 0 Å². The van der Waals surface area contributed by atoms with E-state index in [1.807, 2.05) is 0 Å². The first kappa shape index (κ1) is 97.1. The lowest BCUT2D eigenvalue weighted by Gasteiger charge is -2.21. The number of phosphoric ester groups is 2. The Hall–Kier alpha value is -1.94. The maximum atomic E-state index is 13.1. The van der Waals surface area contributed by atoms with Crippen LogP contribution in [0, 0.1) is 5.92 Å². The molecule has 0 spiro atoms. The van der Waals surface area contributed by atoms with Gasteiger partial charge in [-0.1, -0.05) is 375 Å². The summed E-state index contributed by atoms with van der Waals surface area (Å²) in [5, 5.41) is 10.6. The fourth-order valence-corrected chi connectivity index (χ4v) is 14.0. The minimum atomic E-state index is -4.96. The fourth-order valence-electron chi connectivity index (χ4n) is 12.4. The van der Waals surface area contributed by atoms with Gasteiger partial charge in [-0.3, -0.25) is 37.3 Å². The van der Waals surface area contributed by atoms with Crippen LogP contribution in [0.2, 0.25) is 0 Å². The van der Waals surface area contributed by atoms with Gasteiger partial charge < -0.3 is 33.8 Å². The van der Waals surface area contributed by atoms with Gasteiger partial charge in [0.25, 0.3) is 0 Å². The highest BCUT2D eigenvalue weighted by Crippen LogP contribution is 2.45. The molecule has 0 radical (unpaired) electrons. The molecule has 588 valence electrons. The van der Waals surface area contributed by atoms with Crippen molar-refractivity contribution < 1.29 is 80.2 Å². The number of ether oxygens (including phenoxy) is 4. The lowest BCUT2D eigenvalue weighted by molar-refractivity contribution is -0.161. The maximum absolute atomic E-state index is 13.1. The molecule has 0 aliphatic rings. The van der Waals surface area contributed by atoms with Crippen LogP contribution in [-0.2, 0) is 65.4 Å². The quantitative estimate of drug-likeness (QED) is 0.0222. The molecular weight excluding hydrogens is 1290 g/mol. The predicted octanol–water partition coefficient (Wildman–Crippen LogP) is 24.0. The Bertz CT molecular complexity index is 1890. The van der Waals surface area contributed by atoms with E-state index in [0.717, 1.165) is 102 Å². The van der Waals surface area contributed by atoms with Gasteiger partial charge in [-0.25, -0.2) is 9.13 Å². The van der Waals surface area contributed by atoms with E-state index in [1.165, 1.54) is 244 Å². The lowest BCUT2D eigenvalue weighted by Crippen LogP contribution is -2.30. The van der Waals surface area contributed by atoms with E-state index in [1.54, 1.807) is 0 Å². The topological polar surface area (TPSA) is 237 Å². The van der Waals surface area contributed by atoms with Crippen molar-refractivity contribution in [2.24, 2.45) is 5.92 Å². The second-order valence-electron chi connectivity index (χ2n) is 29.1. The number of hydrogen-bond donors (Lipinski definition) is 3. The highest BCUT2D eigenvalue weighted by atomic mass is 31.2. The molecular formula is C80H156O17P2. The van der Waals surface area contributed by atoms with Gasteiger partial charge in [-0.15, -0.1) is 0 Å². The van der Waals surface area contributed by atoms with Gasteiger partial charge in [0, 0.05) is 25.7 Å². The second-order valence-corrected chi connectivity index (χ2v) is 32.0. The van der Waals surface area contributed by atoms with Crippen LogP contribution in [0.15, 0.2) is 0 Å². The molecule has 3 unspecified atom stereocenters. The van der Waals surface area contributed by atoms with Gasteiger partial charge in [-0.2, -0.15) is 0 Å². The standard InChI is InChI=1S/C80H156O17P2/c1-6-10-13-16-19-22-25-28-30-32-33-34-35-37-40-43-46-49-56-61-66-79(84)96-75(69-90-77(82)63-58-53-47-44-41-39-36-31-29-26-23-20-17-14-11-7-2)71-94-98(86,87)92-67-74(81)68-93-99(88,89)95-72-76(70-91-78(83)64-59-54-51-50-52-57-62-73(5)9-4)97-80(85)65-60-55-48-45-42-38-27-24-21-18-15-12-8-3/h73-76,81H,6-72H2,1-5H3,(H,86,87)(H,88,89)/t73?,74-,75-,76-/m1/s1. The number of rotatable bonds is 80. The van der Waals surface area contributed by atoms with Crippen LogP contribution in [0.25, 0.3) is 0 Å². The van der Waals surface area contributed by atoms with Gasteiger partial charge >= 0.3 is 39.5 Å². The average Bonchev–Trinajstić information content (AvgIpc) is 1.08. The van der Waals surface area contributed by atoms with Crippen molar-refractivity contribution in [1.82, 2.24) is 0 Å². The molecule has 0 rings (SSSR count). The van der Waals surface area contributed by atoms with Crippen molar-refractivity contribution in [3.05, 3.63) is 0 Å². The molecule has 0 aliphatic heterocycles. The van der Waals surface area contributed by atoms with E-state index >= 15 is 0 Å². The minimum absolute atomic E-state index is 0.107. The summed E-state index contributed by atoms with van der Waals surface area (Å²) in [6.45, 7) is 7.29. The van der Waals surface area contributed by atoms with Crippen LogP contribution in [0.5, 0.6) is 0 Å². The normalized spacial score (nSPS) is 14.1. The number of carbonyl (C=O) groups is 4. The Labute approximate surface area is 607 Å². The Kier molecular flexibility index (Phi) is 71.6. The van der Waals surface area contributed by atoms with Crippen LogP contribution < -0.4 is 0 Å². The molecule has 0 heterocycles. The van der Waals surface area contributed by atoms with E-state index in [9.17, 15) is 43.2 Å². The molecule has 0 aliphatic carbocycles. The van der Waals surface area contributed by atoms with Gasteiger partial charge in [0.2, 0.25) is 0 Å². The first-order valence-corrected chi connectivity index (χ1v) is 44.7. The van der Waals surface area contributed by atoms with E-state index in [-0.39, 0.29) is 25.7 Å². The first-order chi connectivity index (χ1) is 48.1. The molecule has 0 saturated carbocycles. The molecule has 0 fully saturated rings. The number of unbranched alkanes of at least 4 members (excludes halogenated alkanes) is 51. The monoisotopic (exact) mass is 1450 g/mol. The number of aliphatic hydroxyl groups excluding tert-OH is 1. The molecule has 17 nitrogen and oxygen atoms in total. The largest absolute Gasteiger partial charge is 0.472 e. The highest BCUT2D eigenvalue weighted by molar-refractivity contribution is 7.47. The molecule has 0 bridgehead atoms. The number of esters is 4. The third-order valence-electron chi connectivity index (χ3n) is 19.1. The van der Waals surface area contributed by atoms with Crippen LogP contribution in [-0.4, -0.2) is 96.7 Å². The van der Waals surface area contributed by atoms with Crippen molar-refractivity contribution in [3.63, 3.8) is 0 Å². The Morgan fingerprint density at radius 3 is 0.717 bits per heavy atom. The molecule has 6 atom stereocenters. The smallest absolute Gasteiger partial charge is 0.462 e. The summed E-state index contributed by atoms with van der Waals surface area (Å²) in [4.78, 5) is 73.0. The maximum Gasteiger partial charge on any atom is 0.472 e. The van der Waals surface area contributed by atoms with Crippen LogP contribution >= 0.6 is 15.6 Å². The SMILES string of the molecule is CCCCCCCCCCCCCCCCCCCCCCC(=O)O[C@H](COC(=O)CCCCCCCCCCCCCCCCCC)COP(=O)(O)OC[C@@H](O)COP(=O)(O)OC[C@@H](COC(=O)CCCCCCCCC(C)CC)OC(=O)CCCCCCCCCCCCCCC. The Balaban J connectivity index is 5.23. The summed E-state index contributed by atoms with van der Waals surface area (Å²) in [6.07, 6.45) is 63.8. The minimum Gasteiger partial charge on any atom is -0.462 e. The van der Waals surface area contributed by atoms with E-state index in [4.69, 9.17) is 37.0 Å². The number of phosphoric acid groups is 2. The first-order valence-electron chi connectivity index (χ1n) is 41.7. The average molecular weight is 1450 g/mol. The Morgan fingerprint density at radius 1 is 0.283 bits per heavy atom. The number of hydrogen-bond acceptors (Lipinski definition) is 15. The zero-order chi connectivity index (χ0) is 72.7. The van der Waals surface area contributed by atoms with Crippen molar-refractivity contribution >= 4 is 39.5 Å². The van der Waals surface area contributed by atoms with E-state index < -0.39 is 97.5 Å². The van der Waals surface area contributed by atoms with Gasteiger partial charge in [0.1, 0.15) is 19.3 Å². The highest BCUT2D eigenvalue weighted by Gasteiger charge is 2.30. The van der Waals surface area contributed by atoms with E-state index in [2.05, 4.69) is 34.6 Å². The zero-order valence-electron chi connectivity index (χ0n) is 64.6. The second kappa shape index (κ2) is 73.0. The third-order valence-corrected chi connectivity index (χ3v) is 21.0. The molecule has 0 aromatic rings. The summed E-state index contributed by atoms with van der Waals surface area (Å²) in [7, 11) is -9.92. The van der Waals surface area contributed by atoms with Crippen LogP contribution in [0.1, 0.15) is 426 Å². The van der Waals surface area contributed by atoms with Gasteiger partial charge in [-0.05, 0) is 31.6 Å². The van der Waals surface area contributed by atoms with Gasteiger partial charge in [0.15, 0.2) is 12.2 Å². The van der Waals surface area contributed by atoms with Crippen molar-refractivity contribution in [1.29, 1.82) is 0 Å². The molecule has 0 amide bonds. The summed E-state index contributed by atoms with van der Waals surface area (Å²) in [5.74, 6) is -1.38. The third kappa shape index (κ3) is 72.8. The molecule has 0 saturated heterocycles. The molecule has 99 heavy (non-hydrogen) atoms. The Morgan fingerprint density at radius 2 is 0.485 bits per heavy atom. The molecule has 0 aromatic carbocycles. The van der Waals surface area contributed by atoms with Crippen molar-refractivity contribution in [2.75, 3.05) is 39.6 Å². The van der Waals surface area contributed by atoms with Crippen LogP contribution in [0.4, 0.5) is 0 Å². The van der Waals surface area contributed by atoms with Gasteiger partial charge in [0.05, 0.1) is 26.4 Å². The lowest BCUT2D eigenvalue weighted by atomic mass is 10.00. The zero-order valence-corrected chi connectivity index (χ0v) is 66.4. The summed E-state index contributed by atoms with van der Waals surface area (Å²) >= 11 is 0. The fraction of sp³-hybridized carbons (Fsp3) is 0.950. The summed E-state index contributed by atoms with van der Waals surface area (Å²) in [6, 6.07) is 0. The molecule has 3 N–H and O–H groups in total. The van der Waals surface area contributed by atoms with Crippen molar-refractivity contribution in [2.45, 2.75) is 445 Å². The van der Waals surface area contributed by atoms with Crippen LogP contribution in [0.3, 0.4) is 0 Å². The summed E-state index contributed by atoms with van der Waals surface area (Å²) in [5.41, 5.74) is 0. The summed E-state index contributed by atoms with van der Waals surface area (Å²) < 4.78 is 68.7. The predicted molar refractivity (Wildman–Crippen MR) is 405 cm³/mol. The number of carbonyl (C=O) groups excluding carboxylic acids is 4. The molecule has 19 heteroatoms.